The van der Waals surface area contributed by atoms with Crippen molar-refractivity contribution in [3.63, 3.8) is 0 Å². The zero-order valence-corrected chi connectivity index (χ0v) is 19.6. The highest BCUT2D eigenvalue weighted by Gasteiger charge is 2.25. The van der Waals surface area contributed by atoms with Crippen LogP contribution in [0.1, 0.15) is 40.5 Å². The lowest BCUT2D eigenvalue weighted by Gasteiger charge is -2.34. The number of rotatable bonds is 10. The molecule has 0 aromatic rings. The number of likely N-dealkylation sites (N-methyl/N-ethyl adjacent to an activating group) is 2. The van der Waals surface area contributed by atoms with Crippen LogP contribution in [0.4, 0.5) is 0 Å². The molecule has 26 heavy (non-hydrogen) atoms. The summed E-state index contributed by atoms with van der Waals surface area (Å²) in [5.74, 6) is 0.208. The Labute approximate surface area is 164 Å². The average Bonchev–Trinajstić information content (AvgIpc) is 2.28. The van der Waals surface area contributed by atoms with Crippen molar-refractivity contribution in [1.82, 2.24) is 5.32 Å². The zero-order chi connectivity index (χ0) is 19.2. The lowest BCUT2D eigenvalue weighted by molar-refractivity contribution is -0.907. The van der Waals surface area contributed by atoms with Crippen LogP contribution in [0.15, 0.2) is 0 Å². The van der Waals surface area contributed by atoms with Crippen molar-refractivity contribution in [2.75, 3.05) is 61.4 Å². The van der Waals surface area contributed by atoms with Crippen molar-refractivity contribution >= 4 is 5.91 Å². The van der Waals surface area contributed by atoms with Crippen LogP contribution in [0.2, 0.25) is 0 Å². The van der Waals surface area contributed by atoms with E-state index in [0.717, 1.165) is 41.4 Å². The van der Waals surface area contributed by atoms with Crippen LogP contribution in [-0.2, 0) is 4.79 Å². The molecule has 5 heteroatoms. The van der Waals surface area contributed by atoms with E-state index in [-0.39, 0.29) is 38.2 Å². The van der Waals surface area contributed by atoms with Gasteiger partial charge in [-0.2, -0.15) is 0 Å². The van der Waals surface area contributed by atoms with Gasteiger partial charge in [0.15, 0.2) is 6.10 Å². The minimum Gasteiger partial charge on any atom is -0.382 e. The van der Waals surface area contributed by atoms with E-state index in [0.29, 0.717) is 6.54 Å². The molecule has 0 fully saturated rings. The Morgan fingerprint density at radius 3 is 1.96 bits per heavy atom. The fourth-order valence-corrected chi connectivity index (χ4v) is 3.26. The Morgan fingerprint density at radius 1 is 1.04 bits per heavy atom. The Kier molecular flexibility index (Phi) is 13.8. The first kappa shape index (κ1) is 30.1. The van der Waals surface area contributed by atoms with Gasteiger partial charge in [0.05, 0.1) is 41.8 Å². The zero-order valence-electron chi connectivity index (χ0n) is 19.6. The number of aliphatic hydroxyl groups is 1. The van der Waals surface area contributed by atoms with Crippen LogP contribution in [0, 0.1) is 26.2 Å². The van der Waals surface area contributed by atoms with E-state index >= 15 is 0 Å². The second-order valence-corrected chi connectivity index (χ2v) is 10.3. The second-order valence-electron chi connectivity index (χ2n) is 10.3. The molecule has 0 saturated carbocycles. The van der Waals surface area contributed by atoms with Crippen molar-refractivity contribution < 1.29 is 18.9 Å². The quantitative estimate of drug-likeness (QED) is 0.350. The Bertz CT molecular complexity index is 382. The molecule has 0 aromatic carbocycles. The number of hydrogen-bond donors (Lipinski definition) is 2. The molecule has 1 amide bonds. The predicted octanol–water partition coefficient (Wildman–Crippen LogP) is 2.61. The molecule has 2 atom stereocenters. The third kappa shape index (κ3) is 16.8. The normalized spacial score (nSPS) is 14.7. The second kappa shape index (κ2) is 11.9. The maximum atomic E-state index is 12.1. The predicted molar refractivity (Wildman–Crippen MR) is 114 cm³/mol. The highest BCUT2D eigenvalue weighted by molar-refractivity contribution is 5.78. The molecule has 0 aliphatic carbocycles. The topological polar surface area (TPSA) is 49.3 Å². The van der Waals surface area contributed by atoms with Crippen molar-refractivity contribution in [1.29, 1.82) is 0 Å². The van der Waals surface area contributed by atoms with Crippen LogP contribution >= 0.6 is 0 Å². The summed E-state index contributed by atoms with van der Waals surface area (Å²) in [4.78, 5) is 12.1. The Balaban J connectivity index is -0.00000264. The molecule has 0 radical (unpaired) electrons. The van der Waals surface area contributed by atoms with Crippen LogP contribution in [-0.4, -0.2) is 87.5 Å². The average molecular weight is 376 g/mol. The highest BCUT2D eigenvalue weighted by Crippen LogP contribution is 2.24. The molecule has 5 nitrogen and oxygen atoms in total. The summed E-state index contributed by atoms with van der Waals surface area (Å²) in [6.07, 6.45) is 1.52. The number of aliphatic hydroxyl groups excluding tert-OH is 1. The minimum atomic E-state index is -0.304. The molecule has 0 aliphatic heterocycles. The van der Waals surface area contributed by atoms with Gasteiger partial charge in [0.25, 0.3) is 0 Å². The van der Waals surface area contributed by atoms with Crippen LogP contribution < -0.4 is 5.32 Å². The molecular weight excluding hydrogens is 326 g/mol. The SMILES string of the molecule is CC(CC(C)(C)C)C(=O)NCCC[N+](C)(C)CC(O)C[N+](C)(C)C.[CH3-].[CH3-]. The van der Waals surface area contributed by atoms with Crippen molar-refractivity contribution in [3.05, 3.63) is 14.9 Å². The molecular formula is C21H49N3O2. The number of hydrogen-bond acceptors (Lipinski definition) is 2. The van der Waals surface area contributed by atoms with Crippen molar-refractivity contribution in [2.24, 2.45) is 11.3 Å². The third-order valence-corrected chi connectivity index (χ3v) is 4.07. The number of carbonyl (C=O) groups excluding carboxylic acids is 1. The lowest BCUT2D eigenvalue weighted by Crippen LogP contribution is -2.51. The van der Waals surface area contributed by atoms with E-state index in [1.165, 1.54) is 0 Å². The van der Waals surface area contributed by atoms with Crippen molar-refractivity contribution in [2.45, 2.75) is 46.6 Å². The maximum Gasteiger partial charge on any atom is 0.222 e. The molecule has 2 unspecified atom stereocenters. The summed E-state index contributed by atoms with van der Waals surface area (Å²) in [5, 5.41) is 13.3. The molecule has 160 valence electrons. The van der Waals surface area contributed by atoms with Gasteiger partial charge in [-0.1, -0.05) is 27.7 Å². The fourth-order valence-electron chi connectivity index (χ4n) is 3.26. The smallest absolute Gasteiger partial charge is 0.222 e. The van der Waals surface area contributed by atoms with Gasteiger partial charge in [-0.25, -0.2) is 0 Å². The Hall–Kier alpha value is -0.650. The summed E-state index contributed by atoms with van der Waals surface area (Å²) < 4.78 is 1.54. The molecule has 0 aromatic heterocycles. The molecule has 0 saturated heterocycles. The number of quaternary nitrogens is 2. The van der Waals surface area contributed by atoms with E-state index in [1.54, 1.807) is 0 Å². The number of amides is 1. The summed E-state index contributed by atoms with van der Waals surface area (Å²) in [5.41, 5.74) is 0.178. The molecule has 0 aliphatic rings. The standard InChI is InChI=1S/C19H42N3O2.2CH3/c1-16(13-19(2,3)4)18(24)20-11-10-12-22(8,9)15-17(23)14-21(5,6)7;;/h16-17,23H,10-15H2,1-9H3;2*1H3/q+1;2*-1/p+1. The third-order valence-electron chi connectivity index (χ3n) is 4.07. The molecule has 0 spiro atoms. The van der Waals surface area contributed by atoms with E-state index in [1.807, 2.05) is 6.92 Å². The Morgan fingerprint density at radius 2 is 1.54 bits per heavy atom. The number of carbonyl (C=O) groups is 1. The van der Waals surface area contributed by atoms with Crippen molar-refractivity contribution in [3.8, 4) is 0 Å². The first-order valence-electron chi connectivity index (χ1n) is 9.19. The van der Waals surface area contributed by atoms with Gasteiger partial charge in [-0.05, 0) is 11.8 Å². The lowest BCUT2D eigenvalue weighted by atomic mass is 9.85. The molecule has 0 rings (SSSR count). The van der Waals surface area contributed by atoms with Gasteiger partial charge in [-0.15, -0.1) is 0 Å². The fraction of sp³-hybridized carbons (Fsp3) is 0.857. The molecule has 0 bridgehead atoms. The monoisotopic (exact) mass is 375 g/mol. The van der Waals surface area contributed by atoms with Gasteiger partial charge < -0.3 is 34.2 Å². The van der Waals surface area contributed by atoms with Crippen LogP contribution in [0.25, 0.3) is 0 Å². The summed E-state index contributed by atoms with van der Waals surface area (Å²) in [7, 11) is 10.6. The van der Waals surface area contributed by atoms with E-state index in [4.69, 9.17) is 0 Å². The minimum absolute atomic E-state index is 0. The van der Waals surface area contributed by atoms with Crippen LogP contribution in [0.3, 0.4) is 0 Å². The van der Waals surface area contributed by atoms with Gasteiger partial charge in [0.2, 0.25) is 5.91 Å². The van der Waals surface area contributed by atoms with Gasteiger partial charge in [-0.3, -0.25) is 4.79 Å². The summed E-state index contributed by atoms with van der Waals surface area (Å²) >= 11 is 0. The summed E-state index contributed by atoms with van der Waals surface area (Å²) in [6.45, 7) is 11.6. The number of nitrogens with one attached hydrogen (secondary N) is 1. The first-order valence-corrected chi connectivity index (χ1v) is 9.19. The molecule has 0 heterocycles. The van der Waals surface area contributed by atoms with E-state index in [2.05, 4.69) is 61.3 Å². The largest absolute Gasteiger partial charge is 0.382 e. The van der Waals surface area contributed by atoms with E-state index in [9.17, 15) is 9.90 Å². The first-order chi connectivity index (χ1) is 10.6. The van der Waals surface area contributed by atoms with Crippen LogP contribution in [0.5, 0.6) is 0 Å². The van der Waals surface area contributed by atoms with Gasteiger partial charge >= 0.3 is 0 Å². The van der Waals surface area contributed by atoms with Gasteiger partial charge in [0.1, 0.15) is 13.1 Å². The maximum absolute atomic E-state index is 12.1. The molecule has 2 N–H and O–H groups in total. The number of nitrogens with zero attached hydrogens (tertiary/aromatic N) is 2. The highest BCUT2D eigenvalue weighted by atomic mass is 16.3. The van der Waals surface area contributed by atoms with E-state index < -0.39 is 0 Å². The van der Waals surface area contributed by atoms with Gasteiger partial charge in [0, 0.05) is 18.9 Å². The summed E-state index contributed by atoms with van der Waals surface area (Å²) in [6, 6.07) is 0.